The second-order valence-electron chi connectivity index (χ2n) is 4.62. The number of nitrogens with one attached hydrogen (secondary N) is 2. The van der Waals surface area contributed by atoms with Crippen LogP contribution in [0.3, 0.4) is 0 Å². The number of carbonyl (C=O) groups is 1. The van der Waals surface area contributed by atoms with Crippen molar-refractivity contribution in [3.05, 3.63) is 58.0 Å². The first-order chi connectivity index (χ1) is 9.78. The minimum atomic E-state index is -3.73. The van der Waals surface area contributed by atoms with Gasteiger partial charge in [-0.25, -0.2) is 13.1 Å². The van der Waals surface area contributed by atoms with E-state index in [4.69, 9.17) is 0 Å². The van der Waals surface area contributed by atoms with Crippen molar-refractivity contribution < 1.29 is 13.2 Å². The number of hydrogen-bond acceptors (Lipinski definition) is 4. The Bertz CT molecular complexity index is 839. The molecule has 0 saturated heterocycles. The SMILES string of the molecule is Cc1[nH]c(=O)c(C(=O)NS(C)(=O)=O)cc1-c1ccccc1. The Kier molecular flexibility index (Phi) is 3.95. The van der Waals surface area contributed by atoms with Crippen LogP contribution in [0.5, 0.6) is 0 Å². The average Bonchev–Trinajstić information content (AvgIpc) is 2.37. The molecule has 0 unspecified atom stereocenters. The first kappa shape index (κ1) is 15.0. The smallest absolute Gasteiger partial charge is 0.270 e. The van der Waals surface area contributed by atoms with Crippen LogP contribution < -0.4 is 10.3 Å². The predicted molar refractivity (Wildman–Crippen MR) is 79.5 cm³/mol. The van der Waals surface area contributed by atoms with Gasteiger partial charge in [-0.1, -0.05) is 30.3 Å². The Morgan fingerprint density at radius 1 is 1.19 bits per heavy atom. The van der Waals surface area contributed by atoms with E-state index in [2.05, 4.69) is 4.98 Å². The summed E-state index contributed by atoms with van der Waals surface area (Å²) in [5.74, 6) is -0.948. The molecule has 1 heterocycles. The number of aryl methyl sites for hydroxylation is 1. The van der Waals surface area contributed by atoms with E-state index in [0.717, 1.165) is 11.8 Å². The number of rotatable bonds is 3. The van der Waals surface area contributed by atoms with Crippen molar-refractivity contribution in [1.82, 2.24) is 9.71 Å². The molecule has 2 rings (SSSR count). The molecule has 0 aliphatic rings. The Hall–Kier alpha value is -2.41. The van der Waals surface area contributed by atoms with E-state index in [-0.39, 0.29) is 5.56 Å². The molecule has 7 heteroatoms. The van der Waals surface area contributed by atoms with Crippen molar-refractivity contribution in [3.63, 3.8) is 0 Å². The second-order valence-corrected chi connectivity index (χ2v) is 6.37. The molecule has 21 heavy (non-hydrogen) atoms. The third-order valence-corrected chi connectivity index (χ3v) is 3.40. The summed E-state index contributed by atoms with van der Waals surface area (Å²) in [4.78, 5) is 26.3. The van der Waals surface area contributed by atoms with Crippen LogP contribution in [0.15, 0.2) is 41.2 Å². The van der Waals surface area contributed by atoms with Gasteiger partial charge in [0.25, 0.3) is 11.5 Å². The molecule has 0 aliphatic heterocycles. The lowest BCUT2D eigenvalue weighted by atomic mass is 10.0. The average molecular weight is 306 g/mol. The van der Waals surface area contributed by atoms with Gasteiger partial charge in [0.05, 0.1) is 6.26 Å². The number of amides is 1. The summed E-state index contributed by atoms with van der Waals surface area (Å²) in [6, 6.07) is 10.6. The van der Waals surface area contributed by atoms with Gasteiger partial charge in [-0.15, -0.1) is 0 Å². The van der Waals surface area contributed by atoms with Crippen LogP contribution in [0, 0.1) is 6.92 Å². The first-order valence-electron chi connectivity index (χ1n) is 6.09. The summed E-state index contributed by atoms with van der Waals surface area (Å²) in [6.07, 6.45) is 0.853. The summed E-state index contributed by atoms with van der Waals surface area (Å²) in [5.41, 5.74) is 1.20. The van der Waals surface area contributed by atoms with Crippen LogP contribution in [-0.2, 0) is 10.0 Å². The van der Waals surface area contributed by atoms with Crippen molar-refractivity contribution in [2.24, 2.45) is 0 Å². The highest BCUT2D eigenvalue weighted by molar-refractivity contribution is 7.89. The summed E-state index contributed by atoms with van der Waals surface area (Å²) in [5, 5.41) is 0. The maximum Gasteiger partial charge on any atom is 0.270 e. The zero-order valence-corrected chi connectivity index (χ0v) is 12.3. The molecule has 1 aromatic heterocycles. The predicted octanol–water partition coefficient (Wildman–Crippen LogP) is 1.04. The van der Waals surface area contributed by atoms with Gasteiger partial charge in [0, 0.05) is 11.3 Å². The Morgan fingerprint density at radius 3 is 2.38 bits per heavy atom. The molecule has 0 spiro atoms. The summed E-state index contributed by atoms with van der Waals surface area (Å²) < 4.78 is 24.0. The molecule has 6 nitrogen and oxygen atoms in total. The van der Waals surface area contributed by atoms with Gasteiger partial charge in [0.15, 0.2) is 0 Å². The van der Waals surface area contributed by atoms with Crippen molar-refractivity contribution in [2.75, 3.05) is 6.26 Å². The quantitative estimate of drug-likeness (QED) is 0.885. The van der Waals surface area contributed by atoms with Crippen molar-refractivity contribution in [3.8, 4) is 11.1 Å². The van der Waals surface area contributed by atoms with Gasteiger partial charge in [-0.05, 0) is 18.6 Å². The van der Waals surface area contributed by atoms with Crippen molar-refractivity contribution >= 4 is 15.9 Å². The maximum absolute atomic E-state index is 11.9. The fourth-order valence-corrected chi connectivity index (χ4v) is 2.38. The molecule has 0 fully saturated rings. The molecule has 1 amide bonds. The number of sulfonamides is 1. The molecule has 2 N–H and O–H groups in total. The Morgan fingerprint density at radius 2 is 1.81 bits per heavy atom. The number of aromatic amines is 1. The third kappa shape index (κ3) is 3.57. The second kappa shape index (κ2) is 5.53. The van der Waals surface area contributed by atoms with Crippen LogP contribution in [0.2, 0.25) is 0 Å². The van der Waals surface area contributed by atoms with E-state index in [9.17, 15) is 18.0 Å². The van der Waals surface area contributed by atoms with E-state index in [0.29, 0.717) is 11.3 Å². The largest absolute Gasteiger partial charge is 0.325 e. The molecule has 0 radical (unpaired) electrons. The maximum atomic E-state index is 11.9. The molecule has 2 aromatic rings. The van der Waals surface area contributed by atoms with Gasteiger partial charge in [0.2, 0.25) is 10.0 Å². The highest BCUT2D eigenvalue weighted by Crippen LogP contribution is 2.21. The van der Waals surface area contributed by atoms with E-state index in [1.54, 1.807) is 11.6 Å². The Labute approximate surface area is 121 Å². The zero-order chi connectivity index (χ0) is 15.6. The fourth-order valence-electron chi connectivity index (χ4n) is 1.93. The lowest BCUT2D eigenvalue weighted by Crippen LogP contribution is -2.33. The van der Waals surface area contributed by atoms with Gasteiger partial charge in [0.1, 0.15) is 5.56 Å². The van der Waals surface area contributed by atoms with Crippen LogP contribution in [-0.4, -0.2) is 25.6 Å². The third-order valence-electron chi connectivity index (χ3n) is 2.85. The minimum Gasteiger partial charge on any atom is -0.325 e. The highest BCUT2D eigenvalue weighted by atomic mass is 32.2. The zero-order valence-electron chi connectivity index (χ0n) is 11.5. The highest BCUT2D eigenvalue weighted by Gasteiger charge is 2.17. The van der Waals surface area contributed by atoms with E-state index in [1.807, 2.05) is 30.3 Å². The standard InChI is InChI=1S/C14H14N2O4S/c1-9-11(10-6-4-3-5-7-10)8-12(13(17)15-9)14(18)16-21(2,19)20/h3-8H,1-2H3,(H,15,17)(H,16,18). The van der Waals surface area contributed by atoms with Gasteiger partial charge >= 0.3 is 0 Å². The fraction of sp³-hybridized carbons (Fsp3) is 0.143. The van der Waals surface area contributed by atoms with E-state index >= 15 is 0 Å². The van der Waals surface area contributed by atoms with Crippen LogP contribution in [0.25, 0.3) is 11.1 Å². The van der Waals surface area contributed by atoms with Crippen LogP contribution >= 0.6 is 0 Å². The summed E-state index contributed by atoms with van der Waals surface area (Å²) in [6.45, 7) is 1.71. The minimum absolute atomic E-state index is 0.245. The van der Waals surface area contributed by atoms with Gasteiger partial charge < -0.3 is 4.98 Å². The van der Waals surface area contributed by atoms with Crippen LogP contribution in [0.1, 0.15) is 16.1 Å². The molecule has 0 aliphatic carbocycles. The number of benzene rings is 1. The first-order valence-corrected chi connectivity index (χ1v) is 7.98. The molecule has 1 aromatic carbocycles. The Balaban J connectivity index is 2.54. The normalized spacial score (nSPS) is 11.1. The molecule has 0 saturated carbocycles. The topological polar surface area (TPSA) is 96.1 Å². The van der Waals surface area contributed by atoms with Gasteiger partial charge in [-0.3, -0.25) is 9.59 Å². The molecular formula is C14H14N2O4S. The molecular weight excluding hydrogens is 292 g/mol. The van der Waals surface area contributed by atoms with Crippen molar-refractivity contribution in [1.29, 1.82) is 0 Å². The van der Waals surface area contributed by atoms with Gasteiger partial charge in [-0.2, -0.15) is 0 Å². The monoisotopic (exact) mass is 306 g/mol. The number of hydrogen-bond donors (Lipinski definition) is 2. The number of pyridine rings is 1. The molecule has 110 valence electrons. The van der Waals surface area contributed by atoms with E-state index < -0.39 is 21.5 Å². The summed E-state index contributed by atoms with van der Waals surface area (Å²) in [7, 11) is -3.73. The molecule has 0 atom stereocenters. The number of carbonyl (C=O) groups excluding carboxylic acids is 1. The lowest BCUT2D eigenvalue weighted by molar-refractivity contribution is 0.0980. The van der Waals surface area contributed by atoms with Crippen molar-refractivity contribution in [2.45, 2.75) is 6.92 Å². The summed E-state index contributed by atoms with van der Waals surface area (Å²) >= 11 is 0. The van der Waals surface area contributed by atoms with E-state index in [1.165, 1.54) is 6.07 Å². The lowest BCUT2D eigenvalue weighted by Gasteiger charge is -2.08. The van der Waals surface area contributed by atoms with Crippen LogP contribution in [0.4, 0.5) is 0 Å². The number of H-pyrrole nitrogens is 1. The number of aromatic nitrogens is 1. The molecule has 0 bridgehead atoms.